The molecule has 6 nitrogen and oxygen atoms in total. The Morgan fingerprint density at radius 3 is 2.62 bits per heavy atom. The van der Waals surface area contributed by atoms with Crippen LogP contribution in [0.3, 0.4) is 0 Å². The lowest BCUT2D eigenvalue weighted by Gasteiger charge is -2.22. The van der Waals surface area contributed by atoms with E-state index in [1.54, 1.807) is 18.4 Å². The zero-order chi connectivity index (χ0) is 18.2. The van der Waals surface area contributed by atoms with E-state index in [-0.39, 0.29) is 0 Å². The molecule has 0 spiro atoms. The van der Waals surface area contributed by atoms with Crippen LogP contribution in [0.4, 0.5) is 5.82 Å². The number of rotatable bonds is 5. The van der Waals surface area contributed by atoms with Crippen molar-refractivity contribution < 1.29 is 0 Å². The van der Waals surface area contributed by atoms with Crippen LogP contribution in [0, 0.1) is 6.92 Å². The van der Waals surface area contributed by atoms with Crippen LogP contribution in [0.25, 0.3) is 0 Å². The van der Waals surface area contributed by atoms with Crippen LogP contribution in [0.5, 0.6) is 0 Å². The maximum Gasteiger partial charge on any atom is 0.191 e. The van der Waals surface area contributed by atoms with Crippen LogP contribution >= 0.6 is 11.3 Å². The topological polar surface area (TPSA) is 65.4 Å². The van der Waals surface area contributed by atoms with Gasteiger partial charge in [0.05, 0.1) is 6.54 Å². The predicted octanol–water partition coefficient (Wildman–Crippen LogP) is 3.09. The molecular formula is C19H28N6S. The first kappa shape index (κ1) is 18.6. The van der Waals surface area contributed by atoms with E-state index in [1.165, 1.54) is 36.1 Å². The number of hydrogen-bond acceptors (Lipinski definition) is 5. The van der Waals surface area contributed by atoms with Gasteiger partial charge in [0, 0.05) is 44.0 Å². The molecule has 140 valence electrons. The summed E-state index contributed by atoms with van der Waals surface area (Å²) in [6.07, 6.45) is 9.00. The number of nitrogens with one attached hydrogen (secondary N) is 2. The van der Waals surface area contributed by atoms with Gasteiger partial charge in [-0.05, 0) is 37.5 Å². The smallest absolute Gasteiger partial charge is 0.191 e. The van der Waals surface area contributed by atoms with Crippen molar-refractivity contribution >= 4 is 23.1 Å². The quantitative estimate of drug-likeness (QED) is 0.624. The van der Waals surface area contributed by atoms with Gasteiger partial charge in [-0.1, -0.05) is 12.8 Å². The molecule has 1 aliphatic heterocycles. The zero-order valence-corrected chi connectivity index (χ0v) is 16.5. The molecule has 0 amide bonds. The number of thiazole rings is 1. The van der Waals surface area contributed by atoms with Crippen LogP contribution < -0.4 is 15.5 Å². The van der Waals surface area contributed by atoms with Gasteiger partial charge < -0.3 is 15.5 Å². The molecule has 0 aliphatic carbocycles. The SMILES string of the molecule is CN=C(NCc1ccnc(N2CCCCCC2)c1)NCc1ncc(C)s1. The van der Waals surface area contributed by atoms with E-state index in [1.807, 2.05) is 12.4 Å². The van der Waals surface area contributed by atoms with Crippen molar-refractivity contribution in [3.63, 3.8) is 0 Å². The molecule has 0 bridgehead atoms. The van der Waals surface area contributed by atoms with Gasteiger partial charge >= 0.3 is 0 Å². The highest BCUT2D eigenvalue weighted by Crippen LogP contribution is 2.18. The minimum absolute atomic E-state index is 0.688. The molecule has 26 heavy (non-hydrogen) atoms. The molecule has 0 unspecified atom stereocenters. The maximum absolute atomic E-state index is 4.58. The van der Waals surface area contributed by atoms with Gasteiger partial charge in [0.2, 0.25) is 0 Å². The summed E-state index contributed by atoms with van der Waals surface area (Å²) in [4.78, 5) is 16.9. The Kier molecular flexibility index (Phi) is 6.82. The molecule has 1 fully saturated rings. The highest BCUT2D eigenvalue weighted by molar-refractivity contribution is 7.11. The molecule has 0 radical (unpaired) electrons. The second-order valence-corrected chi connectivity index (χ2v) is 7.89. The Morgan fingerprint density at radius 2 is 1.92 bits per heavy atom. The van der Waals surface area contributed by atoms with E-state index in [2.05, 4.69) is 49.6 Å². The van der Waals surface area contributed by atoms with Crippen molar-refractivity contribution in [2.45, 2.75) is 45.7 Å². The summed E-state index contributed by atoms with van der Waals surface area (Å²) >= 11 is 1.70. The molecular weight excluding hydrogens is 344 g/mol. The Hall–Kier alpha value is -2.15. The van der Waals surface area contributed by atoms with Crippen molar-refractivity contribution in [2.24, 2.45) is 4.99 Å². The molecule has 3 rings (SSSR count). The number of aromatic nitrogens is 2. The zero-order valence-electron chi connectivity index (χ0n) is 15.7. The first-order valence-corrected chi connectivity index (χ1v) is 10.1. The largest absolute Gasteiger partial charge is 0.357 e. The summed E-state index contributed by atoms with van der Waals surface area (Å²) < 4.78 is 0. The standard InChI is InChI=1S/C19H28N6S/c1-15-12-22-18(26-15)14-24-19(20-2)23-13-16-7-8-21-17(11-16)25-9-5-3-4-6-10-25/h7-8,11-12H,3-6,9-10,13-14H2,1-2H3,(H2,20,23,24). The molecule has 2 aromatic heterocycles. The number of nitrogens with zero attached hydrogens (tertiary/aromatic N) is 4. The van der Waals surface area contributed by atoms with Crippen molar-refractivity contribution in [3.05, 3.63) is 40.0 Å². The van der Waals surface area contributed by atoms with Gasteiger partial charge in [0.15, 0.2) is 5.96 Å². The van der Waals surface area contributed by atoms with Gasteiger partial charge in [0.1, 0.15) is 10.8 Å². The third-order valence-electron chi connectivity index (χ3n) is 4.50. The second-order valence-electron chi connectivity index (χ2n) is 6.57. The van der Waals surface area contributed by atoms with Crippen LogP contribution in [-0.4, -0.2) is 36.1 Å². The highest BCUT2D eigenvalue weighted by atomic mass is 32.1. The van der Waals surface area contributed by atoms with Gasteiger partial charge in [0.25, 0.3) is 0 Å². The Labute approximate surface area is 159 Å². The van der Waals surface area contributed by atoms with Crippen LogP contribution in [0.15, 0.2) is 29.5 Å². The van der Waals surface area contributed by atoms with Crippen molar-refractivity contribution in [1.82, 2.24) is 20.6 Å². The van der Waals surface area contributed by atoms with Gasteiger partial charge in [-0.15, -0.1) is 11.3 Å². The van der Waals surface area contributed by atoms with Gasteiger partial charge in [-0.25, -0.2) is 9.97 Å². The number of anilines is 1. The number of aliphatic imine (C=N–C) groups is 1. The fourth-order valence-corrected chi connectivity index (χ4v) is 3.82. The minimum atomic E-state index is 0.688. The van der Waals surface area contributed by atoms with Crippen LogP contribution in [-0.2, 0) is 13.1 Å². The third kappa shape index (κ3) is 5.42. The molecule has 2 aromatic rings. The fraction of sp³-hybridized carbons (Fsp3) is 0.526. The molecule has 0 saturated carbocycles. The van der Waals surface area contributed by atoms with Gasteiger partial charge in [-0.2, -0.15) is 0 Å². The molecule has 7 heteroatoms. The Balaban J connectivity index is 1.53. The molecule has 2 N–H and O–H groups in total. The van der Waals surface area contributed by atoms with Crippen molar-refractivity contribution in [1.29, 1.82) is 0 Å². The van der Waals surface area contributed by atoms with Crippen LogP contribution in [0.1, 0.15) is 41.1 Å². The van der Waals surface area contributed by atoms with E-state index in [0.29, 0.717) is 6.54 Å². The predicted molar refractivity (Wildman–Crippen MR) is 109 cm³/mol. The first-order valence-electron chi connectivity index (χ1n) is 9.30. The average molecular weight is 373 g/mol. The van der Waals surface area contributed by atoms with Crippen molar-refractivity contribution in [3.8, 4) is 0 Å². The lowest BCUT2D eigenvalue weighted by atomic mass is 10.2. The Morgan fingerprint density at radius 1 is 1.15 bits per heavy atom. The minimum Gasteiger partial charge on any atom is -0.357 e. The first-order chi connectivity index (χ1) is 12.7. The van der Waals surface area contributed by atoms with E-state index >= 15 is 0 Å². The van der Waals surface area contributed by atoms with Crippen molar-refractivity contribution in [2.75, 3.05) is 25.0 Å². The van der Waals surface area contributed by atoms with E-state index in [4.69, 9.17) is 0 Å². The van der Waals surface area contributed by atoms with E-state index < -0.39 is 0 Å². The summed E-state index contributed by atoms with van der Waals surface area (Å²) in [5, 5.41) is 7.76. The number of guanidine groups is 1. The number of hydrogen-bond donors (Lipinski definition) is 2. The maximum atomic E-state index is 4.58. The molecule has 3 heterocycles. The summed E-state index contributed by atoms with van der Waals surface area (Å²) in [5.74, 6) is 1.87. The van der Waals surface area contributed by atoms with E-state index in [0.717, 1.165) is 36.4 Å². The molecule has 0 aromatic carbocycles. The lowest BCUT2D eigenvalue weighted by Crippen LogP contribution is -2.36. The molecule has 1 saturated heterocycles. The molecule has 1 aliphatic rings. The summed E-state index contributed by atoms with van der Waals surface area (Å²) in [7, 11) is 1.79. The Bertz CT molecular complexity index is 718. The summed E-state index contributed by atoms with van der Waals surface area (Å²) in [6.45, 7) is 5.70. The highest BCUT2D eigenvalue weighted by Gasteiger charge is 2.11. The van der Waals surface area contributed by atoms with Crippen LogP contribution in [0.2, 0.25) is 0 Å². The number of aryl methyl sites for hydroxylation is 1. The molecule has 0 atom stereocenters. The lowest BCUT2D eigenvalue weighted by molar-refractivity contribution is 0.726. The summed E-state index contributed by atoms with van der Waals surface area (Å²) in [5.41, 5.74) is 1.22. The number of pyridine rings is 1. The van der Waals surface area contributed by atoms with Gasteiger partial charge in [-0.3, -0.25) is 4.99 Å². The van der Waals surface area contributed by atoms with E-state index in [9.17, 15) is 0 Å². The fourth-order valence-electron chi connectivity index (χ4n) is 3.09. The second kappa shape index (κ2) is 9.52. The average Bonchev–Trinajstić information content (AvgIpc) is 2.91. The monoisotopic (exact) mass is 372 g/mol. The normalized spacial score (nSPS) is 15.6. The summed E-state index contributed by atoms with van der Waals surface area (Å²) in [6, 6.07) is 4.25. The third-order valence-corrected chi connectivity index (χ3v) is 5.41.